The quantitative estimate of drug-likeness (QED) is 0.680. The molecule has 1 aliphatic heterocycles. The Morgan fingerprint density at radius 3 is 2.71 bits per heavy atom. The Hall–Kier alpha value is -1.77. The normalized spacial score (nSPS) is 19.4. The average molecular weight is 190 g/mol. The lowest BCUT2D eigenvalue weighted by molar-refractivity contribution is -0.110. The molecule has 0 saturated carbocycles. The summed E-state index contributed by atoms with van der Waals surface area (Å²) in [5.74, 6) is 0.255. The molecule has 2 rings (SSSR count). The van der Waals surface area contributed by atoms with Gasteiger partial charge in [0.15, 0.2) is 12.0 Å². The molecule has 1 atom stereocenters. The fourth-order valence-corrected chi connectivity index (χ4v) is 1.30. The van der Waals surface area contributed by atoms with Crippen molar-refractivity contribution in [1.29, 1.82) is 0 Å². The van der Waals surface area contributed by atoms with E-state index in [1.807, 2.05) is 30.3 Å². The molecule has 3 heteroatoms. The SMILES string of the molecule is O=CC1=COC(Cc2ccccc2)O1. The van der Waals surface area contributed by atoms with E-state index in [9.17, 15) is 4.79 Å². The molecule has 0 aromatic heterocycles. The summed E-state index contributed by atoms with van der Waals surface area (Å²) in [4.78, 5) is 10.3. The minimum Gasteiger partial charge on any atom is -0.458 e. The zero-order valence-electron chi connectivity index (χ0n) is 7.55. The predicted molar refractivity (Wildman–Crippen MR) is 50.3 cm³/mol. The van der Waals surface area contributed by atoms with E-state index in [1.54, 1.807) is 0 Å². The monoisotopic (exact) mass is 190 g/mol. The summed E-state index contributed by atoms with van der Waals surface area (Å²) in [7, 11) is 0. The van der Waals surface area contributed by atoms with Crippen molar-refractivity contribution in [3.05, 3.63) is 47.9 Å². The zero-order valence-corrected chi connectivity index (χ0v) is 7.55. The van der Waals surface area contributed by atoms with Crippen LogP contribution in [0.25, 0.3) is 0 Å². The van der Waals surface area contributed by atoms with Gasteiger partial charge in [0.2, 0.25) is 6.29 Å². The number of carbonyl (C=O) groups is 1. The molecule has 3 nitrogen and oxygen atoms in total. The van der Waals surface area contributed by atoms with Gasteiger partial charge in [-0.25, -0.2) is 0 Å². The number of benzene rings is 1. The maximum Gasteiger partial charge on any atom is 0.244 e. The number of allylic oxidation sites excluding steroid dienone is 1. The van der Waals surface area contributed by atoms with Crippen molar-refractivity contribution in [3.8, 4) is 0 Å². The summed E-state index contributed by atoms with van der Waals surface area (Å²) in [5.41, 5.74) is 1.12. The summed E-state index contributed by atoms with van der Waals surface area (Å²) >= 11 is 0. The molecule has 72 valence electrons. The van der Waals surface area contributed by atoms with Crippen molar-refractivity contribution in [2.45, 2.75) is 12.7 Å². The Labute approximate surface area is 81.9 Å². The first-order chi connectivity index (χ1) is 6.88. The van der Waals surface area contributed by atoms with Crippen molar-refractivity contribution >= 4 is 6.29 Å². The van der Waals surface area contributed by atoms with Gasteiger partial charge in [-0.1, -0.05) is 30.3 Å². The van der Waals surface area contributed by atoms with Gasteiger partial charge >= 0.3 is 0 Å². The standard InChI is InChI=1S/C11H10O3/c12-7-10-8-13-11(14-10)6-9-4-2-1-3-5-9/h1-5,7-8,11H,6H2. The van der Waals surface area contributed by atoms with Crippen LogP contribution in [-0.2, 0) is 20.7 Å². The van der Waals surface area contributed by atoms with E-state index < -0.39 is 0 Å². The van der Waals surface area contributed by atoms with Gasteiger partial charge in [0.05, 0.1) is 0 Å². The first-order valence-corrected chi connectivity index (χ1v) is 4.40. The van der Waals surface area contributed by atoms with E-state index in [4.69, 9.17) is 9.47 Å². The lowest BCUT2D eigenvalue weighted by Crippen LogP contribution is -2.12. The molecule has 0 amide bonds. The molecule has 14 heavy (non-hydrogen) atoms. The zero-order chi connectivity index (χ0) is 9.80. The minimum atomic E-state index is -0.363. The molecule has 0 spiro atoms. The highest BCUT2D eigenvalue weighted by Crippen LogP contribution is 2.16. The molecule has 1 aliphatic rings. The van der Waals surface area contributed by atoms with Crippen LogP contribution in [0.3, 0.4) is 0 Å². The van der Waals surface area contributed by atoms with Crippen molar-refractivity contribution in [1.82, 2.24) is 0 Å². The van der Waals surface area contributed by atoms with Gasteiger partial charge in [-0.05, 0) is 5.56 Å². The lowest BCUT2D eigenvalue weighted by atomic mass is 10.1. The highest BCUT2D eigenvalue weighted by molar-refractivity contribution is 5.70. The second-order valence-electron chi connectivity index (χ2n) is 3.01. The van der Waals surface area contributed by atoms with Gasteiger partial charge in [0.1, 0.15) is 6.26 Å². The first-order valence-electron chi connectivity index (χ1n) is 4.40. The summed E-state index contributed by atoms with van der Waals surface area (Å²) in [5, 5.41) is 0. The minimum absolute atomic E-state index is 0.255. The Morgan fingerprint density at radius 1 is 1.29 bits per heavy atom. The van der Waals surface area contributed by atoms with Crippen LogP contribution >= 0.6 is 0 Å². The number of aldehydes is 1. The summed E-state index contributed by atoms with van der Waals surface area (Å²) in [6.45, 7) is 0. The molecule has 0 N–H and O–H groups in total. The Bertz CT molecular complexity index is 343. The molecule has 1 unspecified atom stereocenters. The van der Waals surface area contributed by atoms with Crippen molar-refractivity contribution in [2.75, 3.05) is 0 Å². The Balaban J connectivity index is 1.92. The topological polar surface area (TPSA) is 35.5 Å². The van der Waals surface area contributed by atoms with Crippen LogP contribution in [0.1, 0.15) is 5.56 Å². The fraction of sp³-hybridized carbons (Fsp3) is 0.182. The van der Waals surface area contributed by atoms with E-state index >= 15 is 0 Å². The van der Waals surface area contributed by atoms with Crippen LogP contribution in [0, 0.1) is 0 Å². The smallest absolute Gasteiger partial charge is 0.244 e. The molecule has 1 aromatic rings. The molecular formula is C11H10O3. The third kappa shape index (κ3) is 1.93. The van der Waals surface area contributed by atoms with Crippen LogP contribution in [0.5, 0.6) is 0 Å². The third-order valence-electron chi connectivity index (χ3n) is 1.96. The number of rotatable bonds is 3. The van der Waals surface area contributed by atoms with Gasteiger partial charge in [-0.3, -0.25) is 4.79 Å². The first kappa shape index (κ1) is 8.81. The second-order valence-corrected chi connectivity index (χ2v) is 3.01. The fourth-order valence-electron chi connectivity index (χ4n) is 1.30. The highest BCUT2D eigenvalue weighted by atomic mass is 16.7. The van der Waals surface area contributed by atoms with Crippen LogP contribution in [0.2, 0.25) is 0 Å². The molecule has 0 bridgehead atoms. The van der Waals surface area contributed by atoms with E-state index in [-0.39, 0.29) is 12.0 Å². The van der Waals surface area contributed by atoms with Gasteiger partial charge in [-0.2, -0.15) is 0 Å². The van der Waals surface area contributed by atoms with Gasteiger partial charge in [0.25, 0.3) is 0 Å². The van der Waals surface area contributed by atoms with E-state index in [1.165, 1.54) is 6.26 Å². The average Bonchev–Trinajstić information content (AvgIpc) is 2.67. The van der Waals surface area contributed by atoms with Gasteiger partial charge < -0.3 is 9.47 Å². The predicted octanol–water partition coefficient (Wildman–Crippen LogP) is 1.64. The van der Waals surface area contributed by atoms with Crippen LogP contribution in [0.4, 0.5) is 0 Å². The second kappa shape index (κ2) is 3.96. The molecule has 0 fully saturated rings. The van der Waals surface area contributed by atoms with Gasteiger partial charge in [0, 0.05) is 6.42 Å². The molecule has 0 saturated heterocycles. The number of ether oxygens (including phenoxy) is 2. The number of hydrogen-bond donors (Lipinski definition) is 0. The lowest BCUT2D eigenvalue weighted by Gasteiger charge is -2.10. The molecule has 1 aromatic carbocycles. The summed E-state index contributed by atoms with van der Waals surface area (Å²) in [6.07, 6.45) is 2.28. The van der Waals surface area contributed by atoms with Crippen LogP contribution < -0.4 is 0 Å². The summed E-state index contributed by atoms with van der Waals surface area (Å²) < 4.78 is 10.3. The maximum absolute atomic E-state index is 10.3. The molecule has 0 aliphatic carbocycles. The van der Waals surface area contributed by atoms with E-state index in [0.717, 1.165) is 5.56 Å². The summed E-state index contributed by atoms with van der Waals surface area (Å²) in [6, 6.07) is 9.85. The van der Waals surface area contributed by atoms with Crippen LogP contribution in [-0.4, -0.2) is 12.6 Å². The maximum atomic E-state index is 10.3. The Kier molecular flexibility index (Phi) is 2.49. The van der Waals surface area contributed by atoms with Crippen molar-refractivity contribution in [3.63, 3.8) is 0 Å². The third-order valence-corrected chi connectivity index (χ3v) is 1.96. The van der Waals surface area contributed by atoms with Crippen molar-refractivity contribution < 1.29 is 14.3 Å². The van der Waals surface area contributed by atoms with Gasteiger partial charge in [-0.15, -0.1) is 0 Å². The van der Waals surface area contributed by atoms with E-state index in [0.29, 0.717) is 12.7 Å². The largest absolute Gasteiger partial charge is 0.458 e. The molecular weight excluding hydrogens is 180 g/mol. The molecule has 1 heterocycles. The highest BCUT2D eigenvalue weighted by Gasteiger charge is 2.18. The molecule has 0 radical (unpaired) electrons. The number of carbonyl (C=O) groups excluding carboxylic acids is 1. The Morgan fingerprint density at radius 2 is 2.07 bits per heavy atom. The van der Waals surface area contributed by atoms with Crippen molar-refractivity contribution in [2.24, 2.45) is 0 Å². The van der Waals surface area contributed by atoms with E-state index in [2.05, 4.69) is 0 Å². The van der Waals surface area contributed by atoms with Crippen LogP contribution in [0.15, 0.2) is 42.4 Å². The number of hydrogen-bond acceptors (Lipinski definition) is 3.